The van der Waals surface area contributed by atoms with Gasteiger partial charge < -0.3 is 10.1 Å². The fourth-order valence-corrected chi connectivity index (χ4v) is 4.41. The summed E-state index contributed by atoms with van der Waals surface area (Å²) in [5, 5.41) is 3.24. The zero-order chi connectivity index (χ0) is 22.6. The van der Waals surface area contributed by atoms with Crippen LogP contribution in [-0.4, -0.2) is 26.6 Å². The largest absolute Gasteiger partial charge is 0.457 e. The molecule has 8 heteroatoms. The molecule has 0 aliphatic heterocycles. The second-order valence-electron chi connectivity index (χ2n) is 7.09. The Morgan fingerprint density at radius 2 is 1.61 bits per heavy atom. The van der Waals surface area contributed by atoms with E-state index < -0.39 is 22.0 Å². The van der Waals surface area contributed by atoms with Gasteiger partial charge in [-0.1, -0.05) is 35.9 Å². The zero-order valence-corrected chi connectivity index (χ0v) is 18.9. The summed E-state index contributed by atoms with van der Waals surface area (Å²) in [5.41, 5.74) is 1.70. The molecule has 0 unspecified atom stereocenters. The zero-order valence-electron chi connectivity index (χ0n) is 17.4. The Bertz CT molecular complexity index is 1170. The van der Waals surface area contributed by atoms with Gasteiger partial charge in [-0.25, -0.2) is 8.42 Å². The molecule has 0 aliphatic rings. The van der Waals surface area contributed by atoms with Gasteiger partial charge in [-0.3, -0.25) is 9.10 Å². The lowest BCUT2D eigenvalue weighted by Crippen LogP contribution is -2.45. The first-order valence-electron chi connectivity index (χ1n) is 9.54. The van der Waals surface area contributed by atoms with Crippen molar-refractivity contribution in [2.24, 2.45) is 0 Å². The Morgan fingerprint density at radius 3 is 2.23 bits per heavy atom. The number of hydrogen-bond donors (Lipinski definition) is 1. The predicted octanol–water partition coefficient (Wildman–Crippen LogP) is 5.23. The Balaban J connectivity index is 1.82. The van der Waals surface area contributed by atoms with Gasteiger partial charge in [-0.2, -0.15) is 0 Å². The van der Waals surface area contributed by atoms with Crippen molar-refractivity contribution in [3.05, 3.63) is 83.4 Å². The fraction of sp³-hybridized carbons (Fsp3) is 0.174. The number of carbonyl (C=O) groups is 1. The number of halogens is 1. The van der Waals surface area contributed by atoms with Crippen LogP contribution in [0.4, 0.5) is 11.4 Å². The smallest absolute Gasteiger partial charge is 0.248 e. The average Bonchev–Trinajstić information content (AvgIpc) is 2.72. The van der Waals surface area contributed by atoms with Gasteiger partial charge in [0.25, 0.3) is 0 Å². The van der Waals surface area contributed by atoms with E-state index in [2.05, 4.69) is 5.32 Å². The summed E-state index contributed by atoms with van der Waals surface area (Å²) in [6.07, 6.45) is 1.07. The van der Waals surface area contributed by atoms with Gasteiger partial charge in [0, 0.05) is 10.7 Å². The summed E-state index contributed by atoms with van der Waals surface area (Å²) >= 11 is 6.01. The van der Waals surface area contributed by atoms with Crippen molar-refractivity contribution in [3.63, 3.8) is 0 Å². The van der Waals surface area contributed by atoms with Crippen molar-refractivity contribution >= 4 is 38.9 Å². The number of hydrogen-bond acceptors (Lipinski definition) is 4. The molecule has 0 aromatic heterocycles. The Hall–Kier alpha value is -3.03. The Labute approximate surface area is 187 Å². The molecular weight excluding hydrogens is 436 g/mol. The van der Waals surface area contributed by atoms with Gasteiger partial charge in [0.05, 0.1) is 11.9 Å². The van der Waals surface area contributed by atoms with E-state index >= 15 is 0 Å². The number of sulfonamides is 1. The molecule has 162 valence electrons. The minimum atomic E-state index is -3.74. The summed E-state index contributed by atoms with van der Waals surface area (Å²) < 4.78 is 31.9. The predicted molar refractivity (Wildman–Crippen MR) is 125 cm³/mol. The summed E-state index contributed by atoms with van der Waals surface area (Å²) in [4.78, 5) is 12.9. The van der Waals surface area contributed by atoms with Crippen LogP contribution in [-0.2, 0) is 14.8 Å². The second kappa shape index (κ2) is 9.41. The van der Waals surface area contributed by atoms with Crippen molar-refractivity contribution < 1.29 is 17.9 Å². The molecule has 3 aromatic carbocycles. The molecule has 0 radical (unpaired) electrons. The molecule has 1 N–H and O–H groups in total. The molecule has 0 heterocycles. The molecular formula is C23H23ClN2O4S. The minimum absolute atomic E-state index is 0.355. The topological polar surface area (TPSA) is 75.7 Å². The number of anilines is 2. The standard InChI is InChI=1S/C23H23ClN2O4S/c1-16-9-10-18(24)15-22(16)25-23(27)17(2)26(31(3,28)29)19-11-13-21(14-12-19)30-20-7-5-4-6-8-20/h4-15,17H,1-3H3,(H,25,27)/t17-/m0/s1. The monoisotopic (exact) mass is 458 g/mol. The van der Waals surface area contributed by atoms with Crippen LogP contribution in [0.1, 0.15) is 12.5 Å². The highest BCUT2D eigenvalue weighted by atomic mass is 35.5. The van der Waals surface area contributed by atoms with Crippen LogP contribution in [0.3, 0.4) is 0 Å². The van der Waals surface area contributed by atoms with Crippen molar-refractivity contribution in [1.29, 1.82) is 0 Å². The van der Waals surface area contributed by atoms with Gasteiger partial charge >= 0.3 is 0 Å². The molecule has 0 fully saturated rings. The van der Waals surface area contributed by atoms with Crippen LogP contribution in [0.15, 0.2) is 72.8 Å². The molecule has 31 heavy (non-hydrogen) atoms. The number of para-hydroxylation sites is 1. The molecule has 1 amide bonds. The maximum absolute atomic E-state index is 12.9. The highest BCUT2D eigenvalue weighted by Gasteiger charge is 2.29. The van der Waals surface area contributed by atoms with E-state index in [1.807, 2.05) is 37.3 Å². The number of aryl methyl sites for hydroxylation is 1. The fourth-order valence-electron chi connectivity index (χ4n) is 3.06. The van der Waals surface area contributed by atoms with Crippen molar-refractivity contribution in [3.8, 4) is 11.5 Å². The van der Waals surface area contributed by atoms with Gasteiger partial charge in [0.15, 0.2) is 0 Å². The third-order valence-electron chi connectivity index (χ3n) is 4.62. The van der Waals surface area contributed by atoms with Crippen LogP contribution in [0.2, 0.25) is 5.02 Å². The number of carbonyl (C=O) groups excluding carboxylic acids is 1. The van der Waals surface area contributed by atoms with E-state index in [1.54, 1.807) is 42.5 Å². The lowest BCUT2D eigenvalue weighted by Gasteiger charge is -2.28. The molecule has 0 aliphatic carbocycles. The summed E-state index contributed by atoms with van der Waals surface area (Å²) in [6, 6.07) is 19.9. The second-order valence-corrected chi connectivity index (χ2v) is 9.39. The lowest BCUT2D eigenvalue weighted by atomic mass is 10.2. The summed E-state index contributed by atoms with van der Waals surface area (Å²) in [7, 11) is -3.74. The van der Waals surface area contributed by atoms with E-state index in [0.29, 0.717) is 27.9 Å². The maximum Gasteiger partial charge on any atom is 0.248 e. The molecule has 0 bridgehead atoms. The third-order valence-corrected chi connectivity index (χ3v) is 6.09. The average molecular weight is 459 g/mol. The van der Waals surface area contributed by atoms with E-state index in [-0.39, 0.29) is 0 Å². The van der Waals surface area contributed by atoms with E-state index in [9.17, 15) is 13.2 Å². The van der Waals surface area contributed by atoms with Crippen molar-refractivity contribution in [2.45, 2.75) is 19.9 Å². The Kier molecular flexibility index (Phi) is 6.87. The normalized spacial score (nSPS) is 12.1. The van der Waals surface area contributed by atoms with Crippen LogP contribution in [0.25, 0.3) is 0 Å². The van der Waals surface area contributed by atoms with E-state index in [4.69, 9.17) is 16.3 Å². The first-order chi connectivity index (χ1) is 14.6. The summed E-state index contributed by atoms with van der Waals surface area (Å²) in [5.74, 6) is 0.746. The van der Waals surface area contributed by atoms with Gasteiger partial charge in [-0.05, 0) is 67.9 Å². The van der Waals surface area contributed by atoms with Gasteiger partial charge in [-0.15, -0.1) is 0 Å². The van der Waals surface area contributed by atoms with E-state index in [1.165, 1.54) is 6.92 Å². The third kappa shape index (κ3) is 5.77. The highest BCUT2D eigenvalue weighted by molar-refractivity contribution is 7.92. The minimum Gasteiger partial charge on any atom is -0.457 e. The number of nitrogens with one attached hydrogen (secondary N) is 1. The van der Waals surface area contributed by atoms with Crippen molar-refractivity contribution in [1.82, 2.24) is 0 Å². The van der Waals surface area contributed by atoms with E-state index in [0.717, 1.165) is 16.1 Å². The number of amides is 1. The molecule has 0 saturated heterocycles. The number of ether oxygens (including phenoxy) is 1. The van der Waals surface area contributed by atoms with Gasteiger partial charge in [0.1, 0.15) is 17.5 Å². The molecule has 3 aromatic rings. The van der Waals surface area contributed by atoms with Crippen LogP contribution < -0.4 is 14.4 Å². The number of benzene rings is 3. The van der Waals surface area contributed by atoms with Crippen LogP contribution >= 0.6 is 11.6 Å². The molecule has 1 atom stereocenters. The molecule has 3 rings (SSSR count). The molecule has 6 nitrogen and oxygen atoms in total. The first-order valence-corrected chi connectivity index (χ1v) is 11.8. The Morgan fingerprint density at radius 1 is 1.00 bits per heavy atom. The number of rotatable bonds is 7. The molecule has 0 saturated carbocycles. The number of nitrogens with zero attached hydrogens (tertiary/aromatic N) is 1. The van der Waals surface area contributed by atoms with Gasteiger partial charge in [0.2, 0.25) is 15.9 Å². The van der Waals surface area contributed by atoms with Crippen LogP contribution in [0.5, 0.6) is 11.5 Å². The quantitative estimate of drug-likeness (QED) is 0.525. The molecule has 0 spiro atoms. The first kappa shape index (κ1) is 22.7. The maximum atomic E-state index is 12.9. The van der Waals surface area contributed by atoms with Crippen LogP contribution in [0, 0.1) is 6.92 Å². The SMILES string of the molecule is Cc1ccc(Cl)cc1NC(=O)[C@H](C)N(c1ccc(Oc2ccccc2)cc1)S(C)(=O)=O. The van der Waals surface area contributed by atoms with Crippen molar-refractivity contribution in [2.75, 3.05) is 15.9 Å². The lowest BCUT2D eigenvalue weighted by molar-refractivity contribution is -0.116. The summed E-state index contributed by atoms with van der Waals surface area (Å²) in [6.45, 7) is 3.36. The highest BCUT2D eigenvalue weighted by Crippen LogP contribution is 2.27.